The standard InChI is InChI=1S/C16H28N4/c1-13(14-11-17-19(2)12-14)18-15-7-9-20(10-8-15)16-5-3-4-6-16/h11-13,15-16,18H,3-10H2,1-2H3/t13-/m1/s1. The van der Waals surface area contributed by atoms with Crippen LogP contribution in [0.4, 0.5) is 0 Å². The molecular formula is C16H28N4. The monoisotopic (exact) mass is 276 g/mol. The third-order valence-electron chi connectivity index (χ3n) is 5.08. The summed E-state index contributed by atoms with van der Waals surface area (Å²) in [4.78, 5) is 2.74. The van der Waals surface area contributed by atoms with E-state index >= 15 is 0 Å². The van der Waals surface area contributed by atoms with E-state index in [1.807, 2.05) is 17.9 Å². The van der Waals surface area contributed by atoms with Crippen molar-refractivity contribution in [2.45, 2.75) is 63.6 Å². The number of aromatic nitrogens is 2. The van der Waals surface area contributed by atoms with Crippen LogP contribution in [0.5, 0.6) is 0 Å². The van der Waals surface area contributed by atoms with Crippen molar-refractivity contribution in [1.29, 1.82) is 0 Å². The number of nitrogens with one attached hydrogen (secondary N) is 1. The van der Waals surface area contributed by atoms with Gasteiger partial charge in [0.05, 0.1) is 6.20 Å². The van der Waals surface area contributed by atoms with Gasteiger partial charge in [-0.1, -0.05) is 12.8 Å². The van der Waals surface area contributed by atoms with Crippen LogP contribution < -0.4 is 5.32 Å². The predicted molar refractivity (Wildman–Crippen MR) is 81.6 cm³/mol. The highest BCUT2D eigenvalue weighted by Crippen LogP contribution is 2.26. The quantitative estimate of drug-likeness (QED) is 0.917. The van der Waals surface area contributed by atoms with E-state index in [4.69, 9.17) is 0 Å². The Morgan fingerprint density at radius 1 is 1.20 bits per heavy atom. The normalized spacial score (nSPS) is 24.3. The number of piperidine rings is 1. The molecule has 1 saturated heterocycles. The van der Waals surface area contributed by atoms with Crippen LogP contribution in [0.2, 0.25) is 0 Å². The van der Waals surface area contributed by atoms with Gasteiger partial charge in [0.1, 0.15) is 0 Å². The van der Waals surface area contributed by atoms with Gasteiger partial charge in [-0.15, -0.1) is 0 Å². The summed E-state index contributed by atoms with van der Waals surface area (Å²) >= 11 is 0. The summed E-state index contributed by atoms with van der Waals surface area (Å²) in [5.74, 6) is 0. The van der Waals surface area contributed by atoms with Gasteiger partial charge in [-0.25, -0.2) is 0 Å². The summed E-state index contributed by atoms with van der Waals surface area (Å²) in [7, 11) is 1.98. The zero-order valence-corrected chi connectivity index (χ0v) is 12.9. The van der Waals surface area contributed by atoms with Gasteiger partial charge in [-0.05, 0) is 45.7 Å². The maximum Gasteiger partial charge on any atom is 0.0537 e. The topological polar surface area (TPSA) is 33.1 Å². The maximum absolute atomic E-state index is 4.26. The Hall–Kier alpha value is -0.870. The molecule has 3 rings (SSSR count). The fourth-order valence-electron chi connectivity index (χ4n) is 3.81. The average Bonchev–Trinajstić information content (AvgIpc) is 3.10. The summed E-state index contributed by atoms with van der Waals surface area (Å²) in [5, 5.41) is 8.04. The van der Waals surface area contributed by atoms with Crippen LogP contribution in [0.25, 0.3) is 0 Å². The Morgan fingerprint density at radius 2 is 1.90 bits per heavy atom. The van der Waals surface area contributed by atoms with Crippen LogP contribution in [0.15, 0.2) is 12.4 Å². The lowest BCUT2D eigenvalue weighted by Gasteiger charge is -2.37. The summed E-state index contributed by atoms with van der Waals surface area (Å²) < 4.78 is 1.89. The lowest BCUT2D eigenvalue weighted by molar-refractivity contribution is 0.141. The SMILES string of the molecule is C[C@@H](NC1CCN(C2CCCC2)CC1)c1cnn(C)c1. The third-order valence-corrected chi connectivity index (χ3v) is 5.08. The van der Waals surface area contributed by atoms with Crippen molar-refractivity contribution in [2.75, 3.05) is 13.1 Å². The number of likely N-dealkylation sites (tertiary alicyclic amines) is 1. The molecule has 2 aliphatic rings. The van der Waals surface area contributed by atoms with E-state index in [9.17, 15) is 0 Å². The first-order chi connectivity index (χ1) is 9.72. The van der Waals surface area contributed by atoms with E-state index in [2.05, 4.69) is 28.4 Å². The van der Waals surface area contributed by atoms with Crippen LogP contribution >= 0.6 is 0 Å². The zero-order valence-electron chi connectivity index (χ0n) is 12.9. The van der Waals surface area contributed by atoms with Crippen LogP contribution in [-0.2, 0) is 7.05 Å². The van der Waals surface area contributed by atoms with Gasteiger partial charge in [0, 0.05) is 36.9 Å². The second-order valence-electron chi connectivity index (χ2n) is 6.58. The molecule has 0 aromatic carbocycles. The first-order valence-corrected chi connectivity index (χ1v) is 8.21. The van der Waals surface area contributed by atoms with E-state index in [1.165, 1.54) is 57.2 Å². The molecule has 0 spiro atoms. The molecule has 1 aromatic heterocycles. The Labute approximate surface area is 122 Å². The molecule has 0 bridgehead atoms. The Bertz CT molecular complexity index is 414. The Balaban J connectivity index is 1.46. The number of hydrogen-bond donors (Lipinski definition) is 1. The molecule has 1 aromatic rings. The largest absolute Gasteiger partial charge is 0.307 e. The highest BCUT2D eigenvalue weighted by atomic mass is 15.2. The molecule has 4 nitrogen and oxygen atoms in total. The van der Waals surface area contributed by atoms with Gasteiger partial charge in [-0.2, -0.15) is 5.10 Å². The van der Waals surface area contributed by atoms with Gasteiger partial charge in [0.15, 0.2) is 0 Å². The molecule has 0 radical (unpaired) electrons. The van der Waals surface area contributed by atoms with Gasteiger partial charge in [0.2, 0.25) is 0 Å². The minimum atomic E-state index is 0.409. The van der Waals surface area contributed by atoms with E-state index in [-0.39, 0.29) is 0 Å². The van der Waals surface area contributed by atoms with Crippen LogP contribution in [0.3, 0.4) is 0 Å². The van der Waals surface area contributed by atoms with Crippen LogP contribution in [0, 0.1) is 0 Å². The molecule has 112 valence electrons. The van der Waals surface area contributed by atoms with Gasteiger partial charge >= 0.3 is 0 Å². The van der Waals surface area contributed by atoms with Gasteiger partial charge in [0.25, 0.3) is 0 Å². The number of rotatable bonds is 4. The number of nitrogens with zero attached hydrogens (tertiary/aromatic N) is 3. The molecule has 1 aliphatic heterocycles. The molecular weight excluding hydrogens is 248 g/mol. The van der Waals surface area contributed by atoms with Crippen LogP contribution in [-0.4, -0.2) is 39.9 Å². The molecule has 2 fully saturated rings. The highest BCUT2D eigenvalue weighted by molar-refractivity contribution is 5.09. The average molecular weight is 276 g/mol. The molecule has 2 heterocycles. The van der Waals surface area contributed by atoms with Gasteiger partial charge < -0.3 is 10.2 Å². The highest BCUT2D eigenvalue weighted by Gasteiger charge is 2.27. The Morgan fingerprint density at radius 3 is 2.50 bits per heavy atom. The van der Waals surface area contributed by atoms with Gasteiger partial charge in [-0.3, -0.25) is 4.68 Å². The van der Waals surface area contributed by atoms with Crippen molar-refractivity contribution >= 4 is 0 Å². The lowest BCUT2D eigenvalue weighted by atomic mass is 10.0. The van der Waals surface area contributed by atoms with Crippen molar-refractivity contribution in [3.05, 3.63) is 18.0 Å². The summed E-state index contributed by atoms with van der Waals surface area (Å²) in [6.07, 6.45) is 12.4. The second-order valence-corrected chi connectivity index (χ2v) is 6.58. The maximum atomic E-state index is 4.26. The first kappa shape index (κ1) is 14.1. The Kier molecular flexibility index (Phi) is 4.41. The smallest absolute Gasteiger partial charge is 0.0537 e. The first-order valence-electron chi connectivity index (χ1n) is 8.21. The van der Waals surface area contributed by atoms with Crippen molar-refractivity contribution in [2.24, 2.45) is 7.05 Å². The molecule has 0 unspecified atom stereocenters. The molecule has 1 atom stereocenters. The minimum absolute atomic E-state index is 0.409. The van der Waals surface area contributed by atoms with Crippen molar-refractivity contribution in [1.82, 2.24) is 20.0 Å². The molecule has 1 saturated carbocycles. The second kappa shape index (κ2) is 6.27. The minimum Gasteiger partial charge on any atom is -0.307 e. The van der Waals surface area contributed by atoms with Crippen LogP contribution in [0.1, 0.15) is 57.1 Å². The molecule has 1 aliphatic carbocycles. The molecule has 4 heteroatoms. The summed E-state index contributed by atoms with van der Waals surface area (Å²) in [6.45, 7) is 4.81. The fourth-order valence-corrected chi connectivity index (χ4v) is 3.81. The number of hydrogen-bond acceptors (Lipinski definition) is 3. The fraction of sp³-hybridized carbons (Fsp3) is 0.812. The predicted octanol–water partition coefficient (Wildman–Crippen LogP) is 2.48. The van der Waals surface area contributed by atoms with E-state index in [0.717, 1.165) is 6.04 Å². The zero-order chi connectivity index (χ0) is 13.9. The van der Waals surface area contributed by atoms with E-state index < -0.39 is 0 Å². The third kappa shape index (κ3) is 3.23. The van der Waals surface area contributed by atoms with E-state index in [0.29, 0.717) is 12.1 Å². The molecule has 0 amide bonds. The van der Waals surface area contributed by atoms with E-state index in [1.54, 1.807) is 0 Å². The number of aryl methyl sites for hydroxylation is 1. The molecule has 1 N–H and O–H groups in total. The summed E-state index contributed by atoms with van der Waals surface area (Å²) in [6, 6.07) is 1.97. The summed E-state index contributed by atoms with van der Waals surface area (Å²) in [5.41, 5.74) is 1.30. The van der Waals surface area contributed by atoms with Crippen molar-refractivity contribution in [3.63, 3.8) is 0 Å². The van der Waals surface area contributed by atoms with Crippen molar-refractivity contribution in [3.8, 4) is 0 Å². The molecule has 20 heavy (non-hydrogen) atoms. The van der Waals surface area contributed by atoms with Crippen molar-refractivity contribution < 1.29 is 0 Å². The lowest BCUT2D eigenvalue weighted by Crippen LogP contribution is -2.46.